The Morgan fingerprint density at radius 2 is 1.93 bits per heavy atom. The Kier molecular flexibility index (Phi) is 5.88. The van der Waals surface area contributed by atoms with Gasteiger partial charge in [0, 0.05) is 0 Å². The first-order valence-corrected chi connectivity index (χ1v) is 4.78. The zero-order chi connectivity index (χ0) is 12.0. The Morgan fingerprint density at radius 1 is 1.40 bits per heavy atom. The molecule has 0 saturated carbocycles. The van der Waals surface area contributed by atoms with Crippen LogP contribution in [0.5, 0.6) is 0 Å². The number of nitrogens with two attached hydrogens (primary N) is 1. The summed E-state index contributed by atoms with van der Waals surface area (Å²) in [5.41, 5.74) is 5.53. The number of carboxylic acids is 1. The molecule has 0 saturated heterocycles. The largest absolute Gasteiger partial charge is 0.480 e. The average molecular weight is 218 g/mol. The molecule has 0 bridgehead atoms. The van der Waals surface area contributed by atoms with Crippen LogP contribution < -0.4 is 11.1 Å². The highest BCUT2D eigenvalue weighted by molar-refractivity contribution is 5.86. The third-order valence-electron chi connectivity index (χ3n) is 1.86. The van der Waals surface area contributed by atoms with E-state index in [2.05, 4.69) is 5.32 Å². The van der Waals surface area contributed by atoms with Gasteiger partial charge >= 0.3 is 5.97 Å². The normalized spacial score (nSPS) is 14.7. The Morgan fingerprint density at radius 3 is 2.27 bits per heavy atom. The molecule has 0 aromatic heterocycles. The van der Waals surface area contributed by atoms with Crippen LogP contribution in [0.4, 0.5) is 0 Å². The molecule has 0 aromatic rings. The van der Waals surface area contributed by atoms with Gasteiger partial charge in [0.15, 0.2) is 0 Å². The van der Waals surface area contributed by atoms with Crippen molar-refractivity contribution < 1.29 is 19.8 Å². The third kappa shape index (κ3) is 5.34. The number of carboxylic acid groups (broad SMARTS) is 1. The first-order chi connectivity index (χ1) is 6.88. The Balaban J connectivity index is 4.16. The average Bonchev–Trinajstić information content (AvgIpc) is 2.11. The summed E-state index contributed by atoms with van der Waals surface area (Å²) in [4.78, 5) is 21.8. The smallest absolute Gasteiger partial charge is 0.328 e. The number of aliphatic hydroxyl groups is 1. The lowest BCUT2D eigenvalue weighted by molar-refractivity contribution is -0.143. The number of carbonyl (C=O) groups is 2. The number of aliphatic hydroxyl groups excluding tert-OH is 1. The zero-order valence-corrected chi connectivity index (χ0v) is 8.93. The summed E-state index contributed by atoms with van der Waals surface area (Å²) in [6.45, 7) is 3.18. The zero-order valence-electron chi connectivity index (χ0n) is 8.93. The molecule has 2 atom stereocenters. The van der Waals surface area contributed by atoms with Crippen LogP contribution in [0.3, 0.4) is 0 Å². The maximum absolute atomic E-state index is 11.3. The SMILES string of the molecule is CC(C)CC(N)C(=O)N[C@@H](CO)C(=O)O. The van der Waals surface area contributed by atoms with Crippen LogP contribution in [0.15, 0.2) is 0 Å². The second kappa shape index (κ2) is 6.36. The molecule has 5 N–H and O–H groups in total. The Bertz CT molecular complexity index is 230. The number of hydrogen-bond acceptors (Lipinski definition) is 4. The van der Waals surface area contributed by atoms with E-state index in [0.29, 0.717) is 6.42 Å². The highest BCUT2D eigenvalue weighted by atomic mass is 16.4. The molecule has 0 aromatic carbocycles. The molecule has 88 valence electrons. The quantitative estimate of drug-likeness (QED) is 0.453. The van der Waals surface area contributed by atoms with Crippen LogP contribution in [-0.2, 0) is 9.59 Å². The number of carbonyl (C=O) groups excluding carboxylic acids is 1. The van der Waals surface area contributed by atoms with Crippen molar-refractivity contribution in [3.63, 3.8) is 0 Å². The molecule has 15 heavy (non-hydrogen) atoms. The summed E-state index contributed by atoms with van der Waals surface area (Å²) in [7, 11) is 0. The minimum atomic E-state index is -1.28. The van der Waals surface area contributed by atoms with E-state index >= 15 is 0 Å². The van der Waals surface area contributed by atoms with Crippen molar-refractivity contribution in [1.29, 1.82) is 0 Å². The van der Waals surface area contributed by atoms with Gasteiger partial charge in [-0.05, 0) is 12.3 Å². The van der Waals surface area contributed by atoms with Crippen molar-refractivity contribution in [2.75, 3.05) is 6.61 Å². The lowest BCUT2D eigenvalue weighted by atomic mass is 10.0. The van der Waals surface area contributed by atoms with Gasteiger partial charge in [0.1, 0.15) is 6.04 Å². The van der Waals surface area contributed by atoms with Crippen LogP contribution in [0, 0.1) is 5.92 Å². The summed E-state index contributed by atoms with van der Waals surface area (Å²) < 4.78 is 0. The molecule has 0 fully saturated rings. The highest BCUT2D eigenvalue weighted by Gasteiger charge is 2.22. The van der Waals surface area contributed by atoms with Crippen molar-refractivity contribution >= 4 is 11.9 Å². The van der Waals surface area contributed by atoms with Gasteiger partial charge in [-0.25, -0.2) is 4.79 Å². The molecule has 0 aliphatic rings. The summed E-state index contributed by atoms with van der Waals surface area (Å²) in [6.07, 6.45) is 0.476. The standard InChI is InChI=1S/C9H18N2O4/c1-5(2)3-6(10)8(13)11-7(4-12)9(14)15/h5-7,12H,3-4,10H2,1-2H3,(H,11,13)(H,14,15)/t6?,7-/m0/s1. The molecule has 1 unspecified atom stereocenters. The maximum Gasteiger partial charge on any atom is 0.328 e. The van der Waals surface area contributed by atoms with Gasteiger partial charge in [0.25, 0.3) is 0 Å². The van der Waals surface area contributed by atoms with Crippen LogP contribution in [-0.4, -0.2) is 40.8 Å². The maximum atomic E-state index is 11.3. The first-order valence-electron chi connectivity index (χ1n) is 4.78. The molecule has 0 aliphatic heterocycles. The van der Waals surface area contributed by atoms with Crippen LogP contribution in [0.2, 0.25) is 0 Å². The lowest BCUT2D eigenvalue weighted by Crippen LogP contribution is -2.50. The minimum absolute atomic E-state index is 0.253. The fraction of sp³-hybridized carbons (Fsp3) is 0.778. The van der Waals surface area contributed by atoms with Crippen molar-refractivity contribution in [1.82, 2.24) is 5.32 Å². The van der Waals surface area contributed by atoms with E-state index in [1.54, 1.807) is 0 Å². The van der Waals surface area contributed by atoms with Crippen LogP contribution in [0.25, 0.3) is 0 Å². The van der Waals surface area contributed by atoms with Gasteiger partial charge in [-0.2, -0.15) is 0 Å². The summed E-state index contributed by atoms with van der Waals surface area (Å²) >= 11 is 0. The van der Waals surface area contributed by atoms with Crippen molar-refractivity contribution in [2.24, 2.45) is 11.7 Å². The Labute approximate surface area is 88.5 Å². The van der Waals surface area contributed by atoms with Crippen LogP contribution >= 0.6 is 0 Å². The molecule has 0 radical (unpaired) electrons. The monoisotopic (exact) mass is 218 g/mol. The van der Waals surface area contributed by atoms with E-state index in [4.69, 9.17) is 15.9 Å². The van der Waals surface area contributed by atoms with Gasteiger partial charge < -0.3 is 21.3 Å². The van der Waals surface area contributed by atoms with E-state index in [1.165, 1.54) is 0 Å². The van der Waals surface area contributed by atoms with E-state index in [1.807, 2.05) is 13.8 Å². The van der Waals surface area contributed by atoms with E-state index in [0.717, 1.165) is 0 Å². The van der Waals surface area contributed by atoms with E-state index < -0.39 is 30.6 Å². The molecular formula is C9H18N2O4. The molecule has 0 spiro atoms. The van der Waals surface area contributed by atoms with Gasteiger partial charge in [-0.3, -0.25) is 4.79 Å². The topological polar surface area (TPSA) is 113 Å². The predicted molar refractivity (Wildman–Crippen MR) is 54.1 cm³/mol. The minimum Gasteiger partial charge on any atom is -0.480 e. The molecule has 0 heterocycles. The molecule has 6 heteroatoms. The number of amides is 1. The lowest BCUT2D eigenvalue weighted by Gasteiger charge is -2.17. The second-order valence-electron chi connectivity index (χ2n) is 3.82. The molecule has 0 aliphatic carbocycles. The molecular weight excluding hydrogens is 200 g/mol. The number of nitrogens with one attached hydrogen (secondary N) is 1. The number of hydrogen-bond donors (Lipinski definition) is 4. The summed E-state index contributed by atoms with van der Waals surface area (Å²) in [5, 5.41) is 19.4. The number of rotatable bonds is 6. The van der Waals surface area contributed by atoms with Crippen molar-refractivity contribution in [3.05, 3.63) is 0 Å². The summed E-state index contributed by atoms with van der Waals surface area (Å²) in [6, 6.07) is -2.02. The highest BCUT2D eigenvalue weighted by Crippen LogP contribution is 2.02. The van der Waals surface area contributed by atoms with Crippen LogP contribution in [0.1, 0.15) is 20.3 Å². The second-order valence-corrected chi connectivity index (χ2v) is 3.82. The fourth-order valence-corrected chi connectivity index (χ4v) is 1.08. The molecule has 1 amide bonds. The van der Waals surface area contributed by atoms with Gasteiger partial charge in [-0.1, -0.05) is 13.8 Å². The molecule has 6 nitrogen and oxygen atoms in total. The predicted octanol–water partition coefficient (Wildman–Crippen LogP) is -1.08. The molecule has 0 rings (SSSR count). The number of aliphatic carboxylic acids is 1. The van der Waals surface area contributed by atoms with Gasteiger partial charge in [0.05, 0.1) is 12.6 Å². The van der Waals surface area contributed by atoms with E-state index in [9.17, 15) is 9.59 Å². The fourth-order valence-electron chi connectivity index (χ4n) is 1.08. The van der Waals surface area contributed by atoms with E-state index in [-0.39, 0.29) is 5.92 Å². The van der Waals surface area contributed by atoms with Gasteiger partial charge in [0.2, 0.25) is 5.91 Å². The van der Waals surface area contributed by atoms with Gasteiger partial charge in [-0.15, -0.1) is 0 Å². The van der Waals surface area contributed by atoms with Crippen molar-refractivity contribution in [3.8, 4) is 0 Å². The summed E-state index contributed by atoms with van der Waals surface area (Å²) in [5.74, 6) is -1.57. The van der Waals surface area contributed by atoms with Crippen molar-refractivity contribution in [2.45, 2.75) is 32.4 Å². The first kappa shape index (κ1) is 13.9. The third-order valence-corrected chi connectivity index (χ3v) is 1.86. The Hall–Kier alpha value is -1.14.